The van der Waals surface area contributed by atoms with Crippen molar-refractivity contribution in [2.75, 3.05) is 24.6 Å². The maximum absolute atomic E-state index is 10.1. The third-order valence-electron chi connectivity index (χ3n) is 6.97. The zero-order valence-electron chi connectivity index (χ0n) is 21.1. The molecule has 0 saturated carbocycles. The minimum Gasteiger partial charge on any atom is -0.486 e. The van der Waals surface area contributed by atoms with Crippen LogP contribution in [0.3, 0.4) is 0 Å². The van der Waals surface area contributed by atoms with E-state index in [1.807, 2.05) is 34.7 Å². The maximum atomic E-state index is 10.1. The molecule has 9 nitrogen and oxygen atoms in total. The normalized spacial score (nSPS) is 19.8. The molecule has 6 rings (SSSR count). The maximum Gasteiger partial charge on any atom is 0.225 e. The molecule has 0 radical (unpaired) electrons. The van der Waals surface area contributed by atoms with Crippen LogP contribution >= 0.6 is 23.2 Å². The van der Waals surface area contributed by atoms with Crippen molar-refractivity contribution in [2.24, 2.45) is 0 Å². The number of fused-ring (bicyclic) bond motifs is 1. The summed E-state index contributed by atoms with van der Waals surface area (Å²) in [5, 5.41) is 16.8. The summed E-state index contributed by atoms with van der Waals surface area (Å²) in [7, 11) is 0. The SMILES string of the molecule is C[C@@H](Oc1ccc2c(c1)c(-c1cnc(N3CC(C)(O)C3)nc1)nn2C1CCCCO1)c1c(Cl)cncc1Cl. The Bertz CT molecular complexity index is 1440. The zero-order valence-corrected chi connectivity index (χ0v) is 22.7. The lowest BCUT2D eigenvalue weighted by molar-refractivity contribution is -0.0365. The van der Waals surface area contributed by atoms with Crippen LogP contribution in [0.1, 0.15) is 51.0 Å². The number of halogens is 2. The highest BCUT2D eigenvalue weighted by molar-refractivity contribution is 6.35. The molecular formula is C27H28Cl2N6O3. The van der Waals surface area contributed by atoms with Gasteiger partial charge in [0.25, 0.3) is 0 Å². The Morgan fingerprint density at radius 1 is 1.11 bits per heavy atom. The van der Waals surface area contributed by atoms with Gasteiger partial charge in [0, 0.05) is 47.9 Å². The number of β-amino-alcohol motifs (C(OH)–C–C–N with tert-alkyl or cyclic N) is 1. The molecule has 2 aliphatic rings. The molecular weight excluding hydrogens is 527 g/mol. The molecule has 2 atom stereocenters. The van der Waals surface area contributed by atoms with Crippen LogP contribution in [0, 0.1) is 0 Å². The summed E-state index contributed by atoms with van der Waals surface area (Å²) in [6.07, 6.45) is 9.17. The highest BCUT2D eigenvalue weighted by Gasteiger charge is 2.38. The highest BCUT2D eigenvalue weighted by atomic mass is 35.5. The molecule has 4 aromatic rings. The minimum absolute atomic E-state index is 0.136. The number of ether oxygens (including phenoxy) is 2. The van der Waals surface area contributed by atoms with Gasteiger partial charge in [-0.15, -0.1) is 0 Å². The van der Waals surface area contributed by atoms with Gasteiger partial charge in [-0.25, -0.2) is 14.6 Å². The quantitative estimate of drug-likeness (QED) is 0.328. The van der Waals surface area contributed by atoms with Gasteiger partial charge >= 0.3 is 0 Å². The van der Waals surface area contributed by atoms with Crippen molar-refractivity contribution >= 4 is 40.1 Å². The van der Waals surface area contributed by atoms with E-state index in [0.29, 0.717) is 47.0 Å². The fourth-order valence-electron chi connectivity index (χ4n) is 5.14. The lowest BCUT2D eigenvalue weighted by Gasteiger charge is -2.44. The first-order valence-corrected chi connectivity index (χ1v) is 13.4. The fraction of sp³-hybridized carbons (Fsp3) is 0.407. The van der Waals surface area contributed by atoms with Crippen LogP contribution in [-0.2, 0) is 4.74 Å². The minimum atomic E-state index is -0.699. The van der Waals surface area contributed by atoms with E-state index in [1.54, 1.807) is 31.7 Å². The summed E-state index contributed by atoms with van der Waals surface area (Å²) in [6.45, 7) is 5.43. The van der Waals surface area contributed by atoms with E-state index in [9.17, 15) is 5.11 Å². The molecule has 5 heterocycles. The molecule has 2 saturated heterocycles. The van der Waals surface area contributed by atoms with Gasteiger partial charge in [0.2, 0.25) is 5.95 Å². The number of pyridine rings is 1. The van der Waals surface area contributed by atoms with Crippen molar-refractivity contribution < 1.29 is 14.6 Å². The second kappa shape index (κ2) is 9.96. The number of anilines is 1. The first kappa shape index (κ1) is 25.3. The Balaban J connectivity index is 1.36. The van der Waals surface area contributed by atoms with Gasteiger partial charge in [-0.1, -0.05) is 23.2 Å². The molecule has 198 valence electrons. The molecule has 3 aromatic heterocycles. The van der Waals surface area contributed by atoms with Crippen molar-refractivity contribution in [3.05, 3.63) is 58.6 Å². The van der Waals surface area contributed by atoms with E-state index < -0.39 is 11.7 Å². The molecule has 1 aromatic carbocycles. The summed E-state index contributed by atoms with van der Waals surface area (Å²) in [4.78, 5) is 15.1. The summed E-state index contributed by atoms with van der Waals surface area (Å²) in [6, 6.07) is 5.89. The van der Waals surface area contributed by atoms with E-state index in [4.69, 9.17) is 37.8 Å². The predicted molar refractivity (Wildman–Crippen MR) is 146 cm³/mol. The molecule has 11 heteroatoms. The van der Waals surface area contributed by atoms with Crippen molar-refractivity contribution in [3.63, 3.8) is 0 Å². The lowest BCUT2D eigenvalue weighted by atomic mass is 9.98. The Morgan fingerprint density at radius 2 is 1.84 bits per heavy atom. The monoisotopic (exact) mass is 554 g/mol. The third-order valence-corrected chi connectivity index (χ3v) is 7.58. The van der Waals surface area contributed by atoms with Gasteiger partial charge < -0.3 is 19.5 Å². The molecule has 0 aliphatic carbocycles. The molecule has 0 amide bonds. The van der Waals surface area contributed by atoms with Gasteiger partial charge in [-0.2, -0.15) is 5.10 Å². The number of aliphatic hydroxyl groups is 1. The molecule has 0 spiro atoms. The van der Waals surface area contributed by atoms with Gasteiger partial charge in [0.15, 0.2) is 6.23 Å². The van der Waals surface area contributed by atoms with Gasteiger partial charge in [-0.05, 0) is 51.3 Å². The number of aromatic nitrogens is 5. The van der Waals surface area contributed by atoms with Crippen LogP contribution in [0.15, 0.2) is 43.0 Å². The summed E-state index contributed by atoms with van der Waals surface area (Å²) in [5.41, 5.74) is 2.45. The Labute approximate surface area is 230 Å². The van der Waals surface area contributed by atoms with E-state index in [2.05, 4.69) is 15.0 Å². The first-order chi connectivity index (χ1) is 18.3. The van der Waals surface area contributed by atoms with Gasteiger partial charge in [-0.3, -0.25) is 4.98 Å². The van der Waals surface area contributed by atoms with Crippen LogP contribution in [0.25, 0.3) is 22.2 Å². The summed E-state index contributed by atoms with van der Waals surface area (Å²) < 4.78 is 14.3. The molecule has 2 aliphatic heterocycles. The molecule has 38 heavy (non-hydrogen) atoms. The molecule has 1 N–H and O–H groups in total. The van der Waals surface area contributed by atoms with Crippen LogP contribution in [0.4, 0.5) is 5.95 Å². The second-order valence-corrected chi connectivity index (χ2v) is 11.0. The number of hydrogen-bond donors (Lipinski definition) is 1. The number of hydrogen-bond acceptors (Lipinski definition) is 8. The number of rotatable bonds is 6. The standard InChI is InChI=1S/C27H28Cl2N6O3/c1-16(24-20(28)12-30-13-21(24)29)38-18-6-7-22-19(9-18)25(33-35(22)23-5-3-4-8-37-23)17-10-31-26(32-11-17)34-14-27(2,36)15-34/h6-7,9-13,16,23,36H,3-5,8,14-15H2,1-2H3/t16-,23?/m1/s1. The largest absolute Gasteiger partial charge is 0.486 e. The van der Waals surface area contributed by atoms with Crippen molar-refractivity contribution in [3.8, 4) is 17.0 Å². The Hall–Kier alpha value is -2.98. The Kier molecular flexibility index (Phi) is 6.63. The van der Waals surface area contributed by atoms with Crippen LogP contribution < -0.4 is 9.64 Å². The average Bonchev–Trinajstić information content (AvgIpc) is 3.27. The summed E-state index contributed by atoms with van der Waals surface area (Å²) in [5.74, 6) is 1.24. The molecule has 0 bridgehead atoms. The van der Waals surface area contributed by atoms with Crippen LogP contribution in [0.5, 0.6) is 5.75 Å². The van der Waals surface area contributed by atoms with Crippen molar-refractivity contribution in [1.82, 2.24) is 24.7 Å². The van der Waals surface area contributed by atoms with Crippen LogP contribution in [0.2, 0.25) is 10.0 Å². The Morgan fingerprint density at radius 3 is 2.50 bits per heavy atom. The predicted octanol–water partition coefficient (Wildman–Crippen LogP) is 5.61. The summed E-state index contributed by atoms with van der Waals surface area (Å²) >= 11 is 12.7. The number of nitrogens with zero attached hydrogens (tertiary/aromatic N) is 6. The smallest absolute Gasteiger partial charge is 0.225 e. The van der Waals surface area contributed by atoms with Gasteiger partial charge in [0.1, 0.15) is 17.5 Å². The molecule has 2 fully saturated rings. The topological polar surface area (TPSA) is 98.4 Å². The van der Waals surface area contributed by atoms with Gasteiger partial charge in [0.05, 0.1) is 34.3 Å². The van der Waals surface area contributed by atoms with E-state index in [-0.39, 0.29) is 6.23 Å². The second-order valence-electron chi connectivity index (χ2n) is 10.2. The highest BCUT2D eigenvalue weighted by Crippen LogP contribution is 2.37. The van der Waals surface area contributed by atoms with E-state index in [0.717, 1.165) is 41.4 Å². The van der Waals surface area contributed by atoms with E-state index in [1.165, 1.54) is 0 Å². The van der Waals surface area contributed by atoms with E-state index >= 15 is 0 Å². The fourth-order valence-corrected chi connectivity index (χ4v) is 5.81. The average molecular weight is 555 g/mol. The molecule has 1 unspecified atom stereocenters. The number of benzene rings is 1. The third kappa shape index (κ3) is 4.80. The lowest BCUT2D eigenvalue weighted by Crippen LogP contribution is -2.60. The van der Waals surface area contributed by atoms with Crippen LogP contribution in [-0.4, -0.2) is 55.1 Å². The van der Waals surface area contributed by atoms with Crippen molar-refractivity contribution in [2.45, 2.75) is 51.0 Å². The van der Waals surface area contributed by atoms with Crippen molar-refractivity contribution in [1.29, 1.82) is 0 Å². The first-order valence-electron chi connectivity index (χ1n) is 12.7. The zero-order chi connectivity index (χ0) is 26.4.